The Hall–Kier alpha value is 0.0143. The van der Waals surface area contributed by atoms with Crippen LogP contribution in [0.1, 0.15) is 67.2 Å². The van der Waals surface area contributed by atoms with E-state index in [0.29, 0.717) is 0 Å². The maximum Gasteiger partial charge on any atom is 0.673 e. The zero-order valence-electron chi connectivity index (χ0n) is 19.1. The Labute approximate surface area is 197 Å². The first-order valence-electron chi connectivity index (χ1n) is 10.4. The minimum Gasteiger partial charge on any atom is -0.418 e. The van der Waals surface area contributed by atoms with E-state index >= 15 is 0 Å². The molecule has 0 amide bonds. The Morgan fingerprint density at radius 1 is 0.633 bits per heavy atom. The van der Waals surface area contributed by atoms with Crippen molar-refractivity contribution in [1.82, 2.24) is 4.98 Å². The number of rotatable bonds is 3. The molecule has 1 aromatic heterocycles. The monoisotopic (exact) mass is 628 g/mol. The van der Waals surface area contributed by atoms with Crippen LogP contribution in [0.5, 0.6) is 0 Å². The van der Waals surface area contributed by atoms with Crippen LogP contribution in [0.2, 0.25) is 0 Å². The van der Waals surface area contributed by atoms with Gasteiger partial charge in [0.2, 0.25) is 0 Å². The summed E-state index contributed by atoms with van der Waals surface area (Å²) in [5, 5.41) is 0. The third-order valence-corrected chi connectivity index (χ3v) is 7.90. The van der Waals surface area contributed by atoms with Crippen molar-refractivity contribution in [3.05, 3.63) is 56.3 Å². The maximum atomic E-state index is 9.75. The Morgan fingerprint density at radius 3 is 1.00 bits per heavy atom. The molecule has 1 fully saturated rings. The van der Waals surface area contributed by atoms with Gasteiger partial charge in [0.15, 0.2) is 0 Å². The van der Waals surface area contributed by atoms with Crippen LogP contribution in [0.4, 0.5) is 17.3 Å². The van der Waals surface area contributed by atoms with Gasteiger partial charge in [-0.1, -0.05) is 6.07 Å². The normalized spacial score (nSPS) is 14.2. The van der Waals surface area contributed by atoms with Gasteiger partial charge in [-0.25, -0.2) is 0 Å². The predicted molar refractivity (Wildman–Crippen MR) is 124 cm³/mol. The molecule has 5 radical (unpaired) electrons. The first-order valence-corrected chi connectivity index (χ1v) is 12.1. The molecule has 0 aliphatic heterocycles. The molecule has 8 heteroatoms. The van der Waals surface area contributed by atoms with Crippen LogP contribution >= 0.6 is 7.92 Å². The topological polar surface area (TPSA) is 12.9 Å². The van der Waals surface area contributed by atoms with Gasteiger partial charge in [0.25, 0.3) is 0 Å². The van der Waals surface area contributed by atoms with Crippen LogP contribution in [0.3, 0.4) is 0 Å². The summed E-state index contributed by atoms with van der Waals surface area (Å²) in [6.07, 6.45) is 17.5. The number of hydrogen-bond acceptors (Lipinski definition) is 1. The number of aromatic nitrogens is 1. The van der Waals surface area contributed by atoms with Gasteiger partial charge in [-0.05, 0) is 105 Å². The van der Waals surface area contributed by atoms with Crippen LogP contribution in [-0.2, 0) is 20.1 Å². The molecular formula is C22H39BF4IrNP. The third-order valence-electron chi connectivity index (χ3n) is 3.90. The Bertz CT molecular complexity index is 373. The van der Waals surface area contributed by atoms with Gasteiger partial charge in [-0.2, -0.15) is 0 Å². The van der Waals surface area contributed by atoms with Crippen molar-refractivity contribution in [1.29, 1.82) is 0 Å². The van der Waals surface area contributed by atoms with Crippen molar-refractivity contribution < 1.29 is 37.4 Å². The molecule has 0 saturated heterocycles. The second kappa shape index (κ2) is 22.2. The average molecular weight is 628 g/mol. The summed E-state index contributed by atoms with van der Waals surface area (Å²) in [7, 11) is -6.10. The second-order valence-corrected chi connectivity index (χ2v) is 12.0. The fourth-order valence-corrected chi connectivity index (χ4v) is 7.17. The quantitative estimate of drug-likeness (QED) is 0.187. The molecule has 1 aliphatic carbocycles. The molecule has 30 heavy (non-hydrogen) atoms. The van der Waals surface area contributed by atoms with Crippen molar-refractivity contribution in [2.45, 2.75) is 84.2 Å². The summed E-state index contributed by atoms with van der Waals surface area (Å²) >= 11 is 0. The summed E-state index contributed by atoms with van der Waals surface area (Å²) in [5.74, 6) is 0. The number of pyridine rings is 1. The Kier molecular flexibility index (Phi) is 25.6. The zero-order valence-corrected chi connectivity index (χ0v) is 22.5. The summed E-state index contributed by atoms with van der Waals surface area (Å²) in [5.41, 5.74) is 2.81. The molecule has 0 atom stereocenters. The van der Waals surface area contributed by atoms with E-state index in [1.54, 1.807) is 12.4 Å². The third kappa shape index (κ3) is 30.2. The molecule has 0 spiro atoms. The van der Waals surface area contributed by atoms with Crippen molar-refractivity contribution in [2.24, 2.45) is 0 Å². The van der Waals surface area contributed by atoms with Gasteiger partial charge in [-0.15, -0.1) is 0 Å². The molecule has 0 N–H and O–H groups in total. The van der Waals surface area contributed by atoms with E-state index in [1.807, 2.05) is 18.2 Å². The van der Waals surface area contributed by atoms with Crippen molar-refractivity contribution in [3.63, 3.8) is 0 Å². The zero-order chi connectivity index (χ0) is 22.7. The fourth-order valence-electron chi connectivity index (χ4n) is 3.17. The van der Waals surface area contributed by atoms with E-state index in [0.717, 1.165) is 17.0 Å². The van der Waals surface area contributed by atoms with Gasteiger partial charge in [-0.3, -0.25) is 4.98 Å². The number of halogens is 4. The van der Waals surface area contributed by atoms with E-state index in [9.17, 15) is 17.3 Å². The Morgan fingerprint density at radius 2 is 0.900 bits per heavy atom. The molecule has 1 aromatic rings. The summed E-state index contributed by atoms with van der Waals surface area (Å²) < 4.78 is 39.0. The summed E-state index contributed by atoms with van der Waals surface area (Å²) in [4.78, 5) is 3.78. The average Bonchev–Trinajstić information content (AvgIpc) is 2.54. The van der Waals surface area contributed by atoms with Gasteiger partial charge in [0.05, 0.1) is 17.0 Å². The molecular weight excluding hydrogens is 588 g/mol. The van der Waals surface area contributed by atoms with E-state index in [1.165, 1.54) is 25.7 Å². The summed E-state index contributed by atoms with van der Waals surface area (Å²) in [6.45, 7) is 14.2. The van der Waals surface area contributed by atoms with Gasteiger partial charge in [0.1, 0.15) is 0 Å². The number of hydrogen-bond donors (Lipinski definition) is 0. The van der Waals surface area contributed by atoms with Crippen LogP contribution < -0.4 is 0 Å². The molecule has 2 rings (SSSR count). The van der Waals surface area contributed by atoms with E-state index < -0.39 is 7.25 Å². The minimum atomic E-state index is -6.00. The van der Waals surface area contributed by atoms with Crippen LogP contribution in [0.25, 0.3) is 0 Å². The first-order chi connectivity index (χ1) is 13.5. The smallest absolute Gasteiger partial charge is 0.418 e. The van der Waals surface area contributed by atoms with Crippen molar-refractivity contribution in [2.75, 3.05) is 0 Å². The minimum absolute atomic E-state index is 0. The second-order valence-electron chi connectivity index (χ2n) is 7.58. The molecule has 177 valence electrons. The van der Waals surface area contributed by atoms with E-state index in [4.69, 9.17) is 0 Å². The predicted octanol–water partition coefficient (Wildman–Crippen LogP) is 8.18. The molecule has 1 aliphatic rings. The van der Waals surface area contributed by atoms with E-state index in [-0.39, 0.29) is 28.0 Å². The largest absolute Gasteiger partial charge is 0.673 e. The molecule has 1 saturated carbocycles. The van der Waals surface area contributed by atoms with Crippen LogP contribution in [0, 0.1) is 25.7 Å². The van der Waals surface area contributed by atoms with Crippen LogP contribution in [0.15, 0.2) is 30.6 Å². The van der Waals surface area contributed by atoms with Gasteiger partial charge >= 0.3 is 7.25 Å². The fraction of sp³-hybridized carbons (Fsp3) is 0.591. The molecule has 1 nitrogen and oxygen atoms in total. The SMILES string of the molecule is CC(C)[PH+](C(C)C)C(C)C.F[B-](F)(F)F.[CH]1[CH]CC[CH][CH]CC1.[Ir].c1ccncc1. The molecule has 0 bridgehead atoms. The van der Waals surface area contributed by atoms with Gasteiger partial charge in [0, 0.05) is 40.4 Å². The van der Waals surface area contributed by atoms with Gasteiger partial charge < -0.3 is 17.3 Å². The van der Waals surface area contributed by atoms with Crippen molar-refractivity contribution >= 4 is 15.2 Å². The summed E-state index contributed by atoms with van der Waals surface area (Å²) in [6, 6.07) is 5.72. The maximum absolute atomic E-state index is 9.75. The first kappa shape index (κ1) is 34.6. The number of nitrogens with zero attached hydrogens (tertiary/aromatic N) is 1. The molecule has 0 aromatic carbocycles. The molecule has 1 heterocycles. The standard InChI is InChI=1S/C9H21P.C8H12.C5H5N.BF4.Ir/c1-7(2)10(8(3)4)9(5)6;1-2-4-6-8-7-5-3-1;1-2-4-6-5-3-1;2-1(3,4)5;/h7-9H,1-6H3;1-2,7-8H,3-6H2;1-5H;;/q;;;-1;/p+1. The Balaban J connectivity index is -0.000000330. The molecule has 0 unspecified atom stereocenters. The van der Waals surface area contributed by atoms with Crippen LogP contribution in [-0.4, -0.2) is 29.2 Å². The van der Waals surface area contributed by atoms with Crippen molar-refractivity contribution in [3.8, 4) is 0 Å². The van der Waals surface area contributed by atoms with E-state index in [2.05, 4.69) is 72.2 Å².